The summed E-state index contributed by atoms with van der Waals surface area (Å²) in [6, 6.07) is 9.31. The summed E-state index contributed by atoms with van der Waals surface area (Å²) in [5.41, 5.74) is -0.596. The minimum atomic E-state index is -1.38. The minimum Gasteiger partial charge on any atom is -0.480 e. The van der Waals surface area contributed by atoms with Crippen molar-refractivity contribution in [3.05, 3.63) is 45.9 Å². The van der Waals surface area contributed by atoms with Gasteiger partial charge in [0.2, 0.25) is 5.91 Å². The van der Waals surface area contributed by atoms with E-state index in [9.17, 15) is 14.7 Å². The van der Waals surface area contributed by atoms with Gasteiger partial charge in [-0.1, -0.05) is 62.4 Å². The molecule has 1 aromatic carbocycles. The van der Waals surface area contributed by atoms with Crippen LogP contribution in [0.2, 0.25) is 0 Å². The van der Waals surface area contributed by atoms with Crippen molar-refractivity contribution in [1.29, 1.82) is 0 Å². The van der Waals surface area contributed by atoms with E-state index >= 15 is 0 Å². The number of nitrogens with one attached hydrogen (secondary N) is 1. The third kappa shape index (κ3) is 3.28. The lowest BCUT2D eigenvalue weighted by Gasteiger charge is -2.13. The SMILES string of the molecule is CC(C)(C)c1nnc(CNC(=O)C2(C(=O)O)CC2c2ccccc2)s1. The predicted octanol–water partition coefficient (Wildman–Crippen LogP) is 2.71. The van der Waals surface area contributed by atoms with E-state index in [0.29, 0.717) is 11.4 Å². The Morgan fingerprint density at radius 2 is 1.96 bits per heavy atom. The number of aliphatic carboxylic acids is 1. The van der Waals surface area contributed by atoms with Gasteiger partial charge in [-0.05, 0) is 12.0 Å². The van der Waals surface area contributed by atoms with Crippen LogP contribution in [0.25, 0.3) is 0 Å². The van der Waals surface area contributed by atoms with Gasteiger partial charge in [0.1, 0.15) is 10.0 Å². The Balaban J connectivity index is 1.69. The average molecular weight is 359 g/mol. The second-order valence-corrected chi connectivity index (χ2v) is 8.44. The van der Waals surface area contributed by atoms with Crippen molar-refractivity contribution < 1.29 is 14.7 Å². The molecular weight excluding hydrogens is 338 g/mol. The Kier molecular flexibility index (Phi) is 4.36. The van der Waals surface area contributed by atoms with Crippen molar-refractivity contribution in [2.24, 2.45) is 5.41 Å². The number of nitrogens with zero attached hydrogens (tertiary/aromatic N) is 2. The smallest absolute Gasteiger partial charge is 0.319 e. The van der Waals surface area contributed by atoms with Crippen molar-refractivity contribution in [3.63, 3.8) is 0 Å². The van der Waals surface area contributed by atoms with Crippen molar-refractivity contribution in [2.75, 3.05) is 0 Å². The summed E-state index contributed by atoms with van der Waals surface area (Å²) in [6.07, 6.45) is 0.321. The van der Waals surface area contributed by atoms with Crippen LogP contribution in [0.4, 0.5) is 0 Å². The van der Waals surface area contributed by atoms with Crippen LogP contribution in [-0.4, -0.2) is 27.2 Å². The maximum absolute atomic E-state index is 12.6. The normalized spacial score (nSPS) is 22.4. The topological polar surface area (TPSA) is 92.2 Å². The van der Waals surface area contributed by atoms with E-state index in [0.717, 1.165) is 10.6 Å². The Labute approximate surface area is 150 Å². The molecule has 1 aliphatic carbocycles. The molecule has 1 fully saturated rings. The Hall–Kier alpha value is -2.28. The average Bonchev–Trinajstić information content (AvgIpc) is 3.15. The number of rotatable bonds is 5. The lowest BCUT2D eigenvalue weighted by molar-refractivity contribution is -0.149. The Bertz CT molecular complexity index is 797. The number of carbonyl (C=O) groups excluding carboxylic acids is 1. The van der Waals surface area contributed by atoms with E-state index in [4.69, 9.17) is 0 Å². The zero-order valence-corrected chi connectivity index (χ0v) is 15.3. The van der Waals surface area contributed by atoms with Gasteiger partial charge in [0, 0.05) is 11.3 Å². The molecule has 0 radical (unpaired) electrons. The van der Waals surface area contributed by atoms with Crippen molar-refractivity contribution in [1.82, 2.24) is 15.5 Å². The Morgan fingerprint density at radius 1 is 1.28 bits per heavy atom. The number of amides is 1. The lowest BCUT2D eigenvalue weighted by Crippen LogP contribution is -2.37. The molecule has 3 rings (SSSR count). The number of aromatic nitrogens is 2. The third-order valence-corrected chi connectivity index (χ3v) is 5.81. The van der Waals surface area contributed by atoms with Crippen LogP contribution >= 0.6 is 11.3 Å². The molecule has 2 aromatic rings. The van der Waals surface area contributed by atoms with Crippen LogP contribution in [0.15, 0.2) is 30.3 Å². The molecule has 1 aliphatic rings. The van der Waals surface area contributed by atoms with E-state index in [1.165, 1.54) is 11.3 Å². The van der Waals surface area contributed by atoms with Gasteiger partial charge in [-0.3, -0.25) is 9.59 Å². The number of carbonyl (C=O) groups is 2. The summed E-state index contributed by atoms with van der Waals surface area (Å²) in [7, 11) is 0. The van der Waals surface area contributed by atoms with Crippen LogP contribution in [0.5, 0.6) is 0 Å². The van der Waals surface area contributed by atoms with Gasteiger partial charge >= 0.3 is 5.97 Å². The number of hydrogen-bond donors (Lipinski definition) is 2. The molecule has 0 saturated heterocycles. The second kappa shape index (κ2) is 6.22. The maximum Gasteiger partial charge on any atom is 0.319 e. The third-order valence-electron chi connectivity index (χ3n) is 4.46. The summed E-state index contributed by atoms with van der Waals surface area (Å²) >= 11 is 1.43. The van der Waals surface area contributed by atoms with Crippen LogP contribution < -0.4 is 5.32 Å². The van der Waals surface area contributed by atoms with Gasteiger partial charge in [-0.2, -0.15) is 0 Å². The highest BCUT2D eigenvalue weighted by atomic mass is 32.1. The highest BCUT2D eigenvalue weighted by Gasteiger charge is 2.66. The highest BCUT2D eigenvalue weighted by molar-refractivity contribution is 7.11. The molecule has 2 unspecified atom stereocenters. The molecule has 1 amide bonds. The van der Waals surface area contributed by atoms with Gasteiger partial charge < -0.3 is 10.4 Å². The van der Waals surface area contributed by atoms with Gasteiger partial charge in [-0.15, -0.1) is 10.2 Å². The maximum atomic E-state index is 12.6. The van der Waals surface area contributed by atoms with E-state index < -0.39 is 17.3 Å². The van der Waals surface area contributed by atoms with Crippen LogP contribution in [0, 0.1) is 5.41 Å². The first-order chi connectivity index (χ1) is 11.7. The monoisotopic (exact) mass is 359 g/mol. The van der Waals surface area contributed by atoms with Crippen molar-refractivity contribution in [2.45, 2.75) is 45.1 Å². The molecule has 6 nitrogen and oxygen atoms in total. The van der Waals surface area contributed by atoms with Gasteiger partial charge in [0.25, 0.3) is 0 Å². The summed E-state index contributed by atoms with van der Waals surface area (Å²) in [6.45, 7) is 6.33. The summed E-state index contributed by atoms with van der Waals surface area (Å²) < 4.78 is 0. The number of carboxylic acid groups (broad SMARTS) is 1. The number of hydrogen-bond acceptors (Lipinski definition) is 5. The minimum absolute atomic E-state index is 0.100. The largest absolute Gasteiger partial charge is 0.480 e. The zero-order chi connectivity index (χ0) is 18.2. The fourth-order valence-corrected chi connectivity index (χ4v) is 3.71. The molecule has 25 heavy (non-hydrogen) atoms. The fraction of sp³-hybridized carbons (Fsp3) is 0.444. The lowest BCUT2D eigenvalue weighted by atomic mass is 9.98. The summed E-state index contributed by atoms with van der Waals surface area (Å²) in [4.78, 5) is 24.4. The first kappa shape index (κ1) is 17.5. The first-order valence-electron chi connectivity index (χ1n) is 8.14. The quantitative estimate of drug-likeness (QED) is 0.801. The molecule has 2 atom stereocenters. The standard InChI is InChI=1S/C18H21N3O3S/c1-17(2,3)15-21-20-13(25-15)10-19-14(22)18(16(23)24)9-12(18)11-7-5-4-6-8-11/h4-8,12H,9-10H2,1-3H3,(H,19,22)(H,23,24). The van der Waals surface area contributed by atoms with Crippen LogP contribution in [0.3, 0.4) is 0 Å². The molecule has 0 aliphatic heterocycles. The van der Waals surface area contributed by atoms with E-state index in [-0.39, 0.29) is 17.9 Å². The molecule has 7 heteroatoms. The predicted molar refractivity (Wildman–Crippen MR) is 94.3 cm³/mol. The molecule has 2 N–H and O–H groups in total. The van der Waals surface area contributed by atoms with Gasteiger partial charge in [0.15, 0.2) is 5.41 Å². The van der Waals surface area contributed by atoms with E-state index in [2.05, 4.69) is 15.5 Å². The molecule has 1 aromatic heterocycles. The molecular formula is C18H21N3O3S. The van der Waals surface area contributed by atoms with Crippen molar-refractivity contribution >= 4 is 23.2 Å². The van der Waals surface area contributed by atoms with Crippen LogP contribution in [0.1, 0.15) is 48.7 Å². The van der Waals surface area contributed by atoms with E-state index in [1.54, 1.807) is 0 Å². The summed E-state index contributed by atoms with van der Waals surface area (Å²) in [5, 5.41) is 22.2. The van der Waals surface area contributed by atoms with Gasteiger partial charge in [0.05, 0.1) is 6.54 Å². The molecule has 1 heterocycles. The highest BCUT2D eigenvalue weighted by Crippen LogP contribution is 2.59. The zero-order valence-electron chi connectivity index (χ0n) is 14.4. The van der Waals surface area contributed by atoms with Crippen LogP contribution in [-0.2, 0) is 21.5 Å². The molecule has 0 spiro atoms. The molecule has 132 valence electrons. The Morgan fingerprint density at radius 3 is 2.52 bits per heavy atom. The number of carboxylic acids is 1. The molecule has 0 bridgehead atoms. The fourth-order valence-electron chi connectivity index (χ4n) is 2.88. The second-order valence-electron chi connectivity index (χ2n) is 7.38. The first-order valence-corrected chi connectivity index (χ1v) is 8.96. The van der Waals surface area contributed by atoms with E-state index in [1.807, 2.05) is 51.1 Å². The summed E-state index contributed by atoms with van der Waals surface area (Å²) in [5.74, 6) is -1.82. The number of benzene rings is 1. The van der Waals surface area contributed by atoms with Gasteiger partial charge in [-0.25, -0.2) is 0 Å². The van der Waals surface area contributed by atoms with Crippen molar-refractivity contribution in [3.8, 4) is 0 Å². The molecule has 1 saturated carbocycles.